The number of nitrogens with one attached hydrogen (secondary N) is 1. The van der Waals surface area contributed by atoms with Crippen LogP contribution in [0.25, 0.3) is 10.8 Å². The second kappa shape index (κ2) is 6.13. The van der Waals surface area contributed by atoms with Gasteiger partial charge in [-0.15, -0.1) is 11.3 Å². The zero-order valence-electron chi connectivity index (χ0n) is 11.8. The molecular formula is C15H17N3O2S. The van der Waals surface area contributed by atoms with Crippen molar-refractivity contribution in [1.82, 2.24) is 15.2 Å². The number of nitrogens with zero attached hydrogens (tertiary/aromatic N) is 2. The van der Waals surface area contributed by atoms with E-state index in [1.54, 1.807) is 17.6 Å². The standard InChI is InChI=1S/C15H17N3O2S/c1-11-4-2-6-18(9-11)15(19)16-8-12-10-20-14(17-12)13-5-3-7-21-13/h3-5,7,10H,2,6,8-9H2,1H3,(H,16,19). The molecule has 6 heteroatoms. The van der Waals surface area contributed by atoms with Gasteiger partial charge in [-0.3, -0.25) is 0 Å². The first kappa shape index (κ1) is 13.9. The van der Waals surface area contributed by atoms with Crippen LogP contribution in [-0.2, 0) is 6.54 Å². The van der Waals surface area contributed by atoms with Crippen molar-refractivity contribution in [3.63, 3.8) is 0 Å². The average Bonchev–Trinajstić information content (AvgIpc) is 3.15. The van der Waals surface area contributed by atoms with Gasteiger partial charge in [-0.2, -0.15) is 0 Å². The maximum absolute atomic E-state index is 12.1. The summed E-state index contributed by atoms with van der Waals surface area (Å²) >= 11 is 1.58. The van der Waals surface area contributed by atoms with Gasteiger partial charge in [0.25, 0.3) is 0 Å². The largest absolute Gasteiger partial charge is 0.443 e. The SMILES string of the molecule is CC1=CCCN(C(=O)NCc2coc(-c3cccs3)n2)C1. The summed E-state index contributed by atoms with van der Waals surface area (Å²) in [5.41, 5.74) is 1.97. The van der Waals surface area contributed by atoms with Crippen LogP contribution in [0.15, 0.2) is 39.8 Å². The minimum Gasteiger partial charge on any atom is -0.443 e. The van der Waals surface area contributed by atoms with Crippen molar-refractivity contribution in [2.45, 2.75) is 19.9 Å². The van der Waals surface area contributed by atoms with E-state index < -0.39 is 0 Å². The Kier molecular flexibility index (Phi) is 4.06. The Morgan fingerprint density at radius 3 is 3.24 bits per heavy atom. The molecule has 0 saturated carbocycles. The van der Waals surface area contributed by atoms with Crippen LogP contribution in [0.2, 0.25) is 0 Å². The van der Waals surface area contributed by atoms with Crippen molar-refractivity contribution in [2.24, 2.45) is 0 Å². The number of aromatic nitrogens is 1. The minimum atomic E-state index is -0.0527. The van der Waals surface area contributed by atoms with Crippen LogP contribution < -0.4 is 5.32 Å². The number of carbonyl (C=O) groups excluding carboxylic acids is 1. The lowest BCUT2D eigenvalue weighted by atomic mass is 10.1. The molecule has 0 aliphatic carbocycles. The molecule has 110 valence electrons. The van der Waals surface area contributed by atoms with E-state index in [1.807, 2.05) is 29.3 Å². The molecule has 0 saturated heterocycles. The van der Waals surface area contributed by atoms with E-state index in [1.165, 1.54) is 5.57 Å². The van der Waals surface area contributed by atoms with Gasteiger partial charge >= 0.3 is 6.03 Å². The Balaban J connectivity index is 1.56. The van der Waals surface area contributed by atoms with Gasteiger partial charge in [-0.25, -0.2) is 9.78 Å². The van der Waals surface area contributed by atoms with E-state index in [9.17, 15) is 4.79 Å². The molecule has 2 amide bonds. The van der Waals surface area contributed by atoms with Gasteiger partial charge in [0.2, 0.25) is 5.89 Å². The van der Waals surface area contributed by atoms with Gasteiger partial charge in [0.15, 0.2) is 0 Å². The molecular weight excluding hydrogens is 286 g/mol. The molecule has 2 aromatic rings. The zero-order chi connectivity index (χ0) is 14.7. The van der Waals surface area contributed by atoms with Crippen molar-refractivity contribution in [3.05, 3.63) is 41.1 Å². The maximum Gasteiger partial charge on any atom is 0.318 e. The molecule has 5 nitrogen and oxygen atoms in total. The fraction of sp³-hybridized carbons (Fsp3) is 0.333. The molecule has 0 aromatic carbocycles. The van der Waals surface area contributed by atoms with Crippen molar-refractivity contribution < 1.29 is 9.21 Å². The molecule has 1 aliphatic heterocycles. The Labute approximate surface area is 127 Å². The minimum absolute atomic E-state index is 0.0527. The van der Waals surface area contributed by atoms with Crippen LogP contribution in [0.3, 0.4) is 0 Å². The van der Waals surface area contributed by atoms with E-state index in [2.05, 4.69) is 16.4 Å². The number of amides is 2. The summed E-state index contributed by atoms with van der Waals surface area (Å²) in [5, 5.41) is 4.87. The quantitative estimate of drug-likeness (QED) is 0.885. The van der Waals surface area contributed by atoms with Crippen molar-refractivity contribution in [1.29, 1.82) is 0 Å². The molecule has 0 atom stereocenters. The normalized spacial score (nSPS) is 14.9. The molecule has 0 unspecified atom stereocenters. The summed E-state index contributed by atoms with van der Waals surface area (Å²) in [6.07, 6.45) is 4.69. The van der Waals surface area contributed by atoms with Gasteiger partial charge in [0.1, 0.15) is 6.26 Å². The summed E-state index contributed by atoms with van der Waals surface area (Å²) in [6.45, 7) is 3.89. The zero-order valence-corrected chi connectivity index (χ0v) is 12.7. The lowest BCUT2D eigenvalue weighted by Gasteiger charge is -2.26. The highest BCUT2D eigenvalue weighted by Gasteiger charge is 2.16. The highest BCUT2D eigenvalue weighted by atomic mass is 32.1. The monoisotopic (exact) mass is 303 g/mol. The second-order valence-electron chi connectivity index (χ2n) is 5.04. The van der Waals surface area contributed by atoms with E-state index in [-0.39, 0.29) is 6.03 Å². The Hall–Kier alpha value is -2.08. The number of carbonyl (C=O) groups is 1. The topological polar surface area (TPSA) is 58.4 Å². The number of hydrogen-bond acceptors (Lipinski definition) is 4. The van der Waals surface area contributed by atoms with Crippen LogP contribution in [-0.4, -0.2) is 29.0 Å². The average molecular weight is 303 g/mol. The third-order valence-corrected chi connectivity index (χ3v) is 4.18. The Bertz CT molecular complexity index is 646. The van der Waals surface area contributed by atoms with Gasteiger partial charge in [-0.1, -0.05) is 17.7 Å². The van der Waals surface area contributed by atoms with Crippen molar-refractivity contribution >= 4 is 17.4 Å². The smallest absolute Gasteiger partial charge is 0.318 e. The first-order chi connectivity index (χ1) is 10.2. The van der Waals surface area contributed by atoms with Gasteiger partial charge in [0.05, 0.1) is 17.1 Å². The van der Waals surface area contributed by atoms with Crippen LogP contribution >= 0.6 is 11.3 Å². The molecule has 1 aliphatic rings. The number of urea groups is 1. The molecule has 3 rings (SSSR count). The molecule has 0 fully saturated rings. The highest BCUT2D eigenvalue weighted by molar-refractivity contribution is 7.13. The molecule has 1 N–H and O–H groups in total. The first-order valence-electron chi connectivity index (χ1n) is 6.89. The summed E-state index contributed by atoms with van der Waals surface area (Å²) < 4.78 is 5.43. The third-order valence-electron chi connectivity index (χ3n) is 3.32. The van der Waals surface area contributed by atoms with E-state index >= 15 is 0 Å². The van der Waals surface area contributed by atoms with E-state index in [4.69, 9.17) is 4.42 Å². The van der Waals surface area contributed by atoms with Crippen molar-refractivity contribution in [3.8, 4) is 10.8 Å². The lowest BCUT2D eigenvalue weighted by Crippen LogP contribution is -2.42. The lowest BCUT2D eigenvalue weighted by molar-refractivity contribution is 0.200. The third kappa shape index (κ3) is 3.33. The fourth-order valence-corrected chi connectivity index (χ4v) is 2.92. The van der Waals surface area contributed by atoms with Crippen LogP contribution in [0.4, 0.5) is 4.79 Å². The summed E-state index contributed by atoms with van der Waals surface area (Å²) in [6, 6.07) is 3.86. The summed E-state index contributed by atoms with van der Waals surface area (Å²) in [7, 11) is 0. The van der Waals surface area contributed by atoms with Crippen LogP contribution in [0.1, 0.15) is 19.0 Å². The second-order valence-corrected chi connectivity index (χ2v) is 5.99. The maximum atomic E-state index is 12.1. The van der Waals surface area contributed by atoms with Crippen LogP contribution in [0.5, 0.6) is 0 Å². The van der Waals surface area contributed by atoms with Crippen LogP contribution in [0, 0.1) is 0 Å². The van der Waals surface area contributed by atoms with Gasteiger partial charge in [0, 0.05) is 13.1 Å². The molecule has 0 bridgehead atoms. The number of rotatable bonds is 3. The van der Waals surface area contributed by atoms with E-state index in [0.717, 1.165) is 23.5 Å². The fourth-order valence-electron chi connectivity index (χ4n) is 2.26. The highest BCUT2D eigenvalue weighted by Crippen LogP contribution is 2.23. The first-order valence-corrected chi connectivity index (χ1v) is 7.77. The molecule has 0 spiro atoms. The molecule has 0 radical (unpaired) electrons. The molecule has 2 aromatic heterocycles. The Morgan fingerprint density at radius 1 is 1.57 bits per heavy atom. The number of oxazole rings is 1. The summed E-state index contributed by atoms with van der Waals surface area (Å²) in [5.74, 6) is 0.603. The molecule has 21 heavy (non-hydrogen) atoms. The van der Waals surface area contributed by atoms with E-state index in [0.29, 0.717) is 19.0 Å². The summed E-state index contributed by atoms with van der Waals surface area (Å²) in [4.78, 5) is 19.3. The number of hydrogen-bond donors (Lipinski definition) is 1. The predicted octanol–water partition coefficient (Wildman–Crippen LogP) is 3.26. The van der Waals surface area contributed by atoms with Crippen molar-refractivity contribution in [2.75, 3.05) is 13.1 Å². The Morgan fingerprint density at radius 2 is 2.48 bits per heavy atom. The number of thiophene rings is 1. The molecule has 3 heterocycles. The van der Waals surface area contributed by atoms with Gasteiger partial charge in [-0.05, 0) is 24.8 Å². The predicted molar refractivity (Wildman–Crippen MR) is 82.0 cm³/mol. The van der Waals surface area contributed by atoms with Gasteiger partial charge < -0.3 is 14.6 Å².